The molecule has 1 fully saturated rings. The molecule has 1 aromatic carbocycles. The minimum Gasteiger partial charge on any atom is -0.491 e. The molecule has 1 saturated heterocycles. The Morgan fingerprint density at radius 2 is 1.79 bits per heavy atom. The van der Waals surface area contributed by atoms with E-state index < -0.39 is 0 Å². The third kappa shape index (κ3) is 7.75. The van der Waals surface area contributed by atoms with E-state index in [9.17, 15) is 0 Å². The van der Waals surface area contributed by atoms with Crippen molar-refractivity contribution in [2.24, 2.45) is 17.3 Å². The molecule has 1 aliphatic rings. The van der Waals surface area contributed by atoms with Crippen LogP contribution in [0.25, 0.3) is 0 Å². The number of benzene rings is 1. The summed E-state index contributed by atoms with van der Waals surface area (Å²) in [5.41, 5.74) is 1.76. The van der Waals surface area contributed by atoms with Crippen LogP contribution in [-0.2, 0) is 11.3 Å². The van der Waals surface area contributed by atoms with Crippen molar-refractivity contribution in [1.29, 1.82) is 0 Å². The van der Waals surface area contributed by atoms with Gasteiger partial charge in [0.25, 0.3) is 0 Å². The third-order valence-corrected chi connectivity index (χ3v) is 6.05. The maximum atomic E-state index is 6.08. The van der Waals surface area contributed by atoms with Crippen LogP contribution in [0.3, 0.4) is 0 Å². The van der Waals surface area contributed by atoms with E-state index in [0.717, 1.165) is 31.4 Å². The summed E-state index contributed by atoms with van der Waals surface area (Å²) in [6, 6.07) is 8.49. The van der Waals surface area contributed by atoms with Crippen LogP contribution in [0.2, 0.25) is 0 Å². The largest absolute Gasteiger partial charge is 0.491 e. The number of rotatable bonds is 11. The van der Waals surface area contributed by atoms with Crippen molar-refractivity contribution < 1.29 is 9.47 Å². The number of nitrogens with one attached hydrogen (secondary N) is 1. The smallest absolute Gasteiger partial charge is 0.119 e. The summed E-state index contributed by atoms with van der Waals surface area (Å²) in [4.78, 5) is 0. The average molecular weight is 390 g/mol. The lowest BCUT2D eigenvalue weighted by Crippen LogP contribution is -2.39. The first-order valence-corrected chi connectivity index (χ1v) is 11.4. The van der Waals surface area contributed by atoms with E-state index in [4.69, 9.17) is 9.47 Å². The molecule has 3 nitrogen and oxygen atoms in total. The van der Waals surface area contributed by atoms with Crippen molar-refractivity contribution in [3.05, 3.63) is 29.8 Å². The predicted molar refractivity (Wildman–Crippen MR) is 119 cm³/mol. The van der Waals surface area contributed by atoms with Gasteiger partial charge in [-0.1, -0.05) is 46.2 Å². The first-order chi connectivity index (χ1) is 13.3. The third-order valence-electron chi connectivity index (χ3n) is 6.05. The molecule has 0 aromatic heterocycles. The molecule has 0 aliphatic carbocycles. The Kier molecular flexibility index (Phi) is 9.30. The van der Waals surface area contributed by atoms with Crippen molar-refractivity contribution in [3.63, 3.8) is 0 Å². The fourth-order valence-electron chi connectivity index (χ4n) is 4.16. The van der Waals surface area contributed by atoms with Crippen LogP contribution >= 0.6 is 0 Å². The molecule has 0 unspecified atom stereocenters. The van der Waals surface area contributed by atoms with E-state index >= 15 is 0 Å². The van der Waals surface area contributed by atoms with Crippen LogP contribution in [0.4, 0.5) is 0 Å². The maximum absolute atomic E-state index is 6.08. The van der Waals surface area contributed by atoms with E-state index in [0.29, 0.717) is 17.4 Å². The Balaban J connectivity index is 1.85. The highest BCUT2D eigenvalue weighted by Gasteiger charge is 2.37. The van der Waals surface area contributed by atoms with Gasteiger partial charge in [0.1, 0.15) is 5.75 Å². The predicted octanol–water partition coefficient (Wildman–Crippen LogP) is 6.21. The first-order valence-electron chi connectivity index (χ1n) is 11.4. The minimum atomic E-state index is 0.222. The van der Waals surface area contributed by atoms with Crippen LogP contribution in [-0.4, -0.2) is 25.4 Å². The van der Waals surface area contributed by atoms with Crippen LogP contribution in [0.1, 0.15) is 79.2 Å². The highest BCUT2D eigenvalue weighted by Crippen LogP contribution is 2.43. The second-order valence-corrected chi connectivity index (χ2v) is 9.78. The Labute approximate surface area is 173 Å². The molecule has 1 aliphatic heterocycles. The van der Waals surface area contributed by atoms with E-state index in [-0.39, 0.29) is 6.10 Å². The molecule has 3 heteroatoms. The zero-order valence-electron chi connectivity index (χ0n) is 19.1. The summed E-state index contributed by atoms with van der Waals surface area (Å²) >= 11 is 0. The van der Waals surface area contributed by atoms with Crippen molar-refractivity contribution in [3.8, 4) is 5.75 Å². The molecule has 160 valence electrons. The Morgan fingerprint density at radius 3 is 2.39 bits per heavy atom. The SMILES string of the molecule is CC(C)CC[C@]1(CCNCc2ccc(OC(C)C)cc2)CCO[C@H](C(C)C)C1. The van der Waals surface area contributed by atoms with E-state index in [1.54, 1.807) is 0 Å². The van der Waals surface area contributed by atoms with E-state index in [1.807, 2.05) is 0 Å². The molecule has 0 saturated carbocycles. The van der Waals surface area contributed by atoms with Crippen LogP contribution in [0.15, 0.2) is 24.3 Å². The average Bonchev–Trinajstić information content (AvgIpc) is 2.65. The highest BCUT2D eigenvalue weighted by molar-refractivity contribution is 5.27. The van der Waals surface area contributed by atoms with Gasteiger partial charge in [-0.15, -0.1) is 0 Å². The molecule has 0 radical (unpaired) electrons. The molecule has 0 amide bonds. The quantitative estimate of drug-likeness (QED) is 0.456. The van der Waals surface area contributed by atoms with Crippen LogP contribution in [0, 0.1) is 17.3 Å². The Morgan fingerprint density at radius 1 is 1.07 bits per heavy atom. The topological polar surface area (TPSA) is 30.5 Å². The standard InChI is InChI=1S/C25H43NO2/c1-19(2)11-12-25(14-16-27-24(17-25)20(3)4)13-15-26-18-22-7-9-23(10-8-22)28-21(5)6/h7-10,19-21,24,26H,11-18H2,1-6H3/t24-,25-/m0/s1. The molecule has 0 bridgehead atoms. The van der Waals surface area contributed by atoms with E-state index in [2.05, 4.69) is 71.1 Å². The summed E-state index contributed by atoms with van der Waals surface area (Å²) < 4.78 is 11.8. The number of ether oxygens (including phenoxy) is 2. The number of hydrogen-bond acceptors (Lipinski definition) is 3. The lowest BCUT2D eigenvalue weighted by molar-refractivity contribution is -0.0761. The summed E-state index contributed by atoms with van der Waals surface area (Å²) in [6.07, 6.45) is 6.99. The van der Waals surface area contributed by atoms with Gasteiger partial charge in [0, 0.05) is 13.2 Å². The van der Waals surface area contributed by atoms with E-state index in [1.165, 1.54) is 37.7 Å². The van der Waals surface area contributed by atoms with Gasteiger partial charge in [0.15, 0.2) is 0 Å². The van der Waals surface area contributed by atoms with Gasteiger partial charge in [-0.05, 0) is 81.0 Å². The van der Waals surface area contributed by atoms with Gasteiger partial charge in [-0.25, -0.2) is 0 Å². The molecule has 28 heavy (non-hydrogen) atoms. The second kappa shape index (κ2) is 11.2. The normalized spacial score (nSPS) is 23.0. The summed E-state index contributed by atoms with van der Waals surface area (Å²) in [5, 5.41) is 3.68. The minimum absolute atomic E-state index is 0.222. The van der Waals surface area contributed by atoms with Crippen LogP contribution < -0.4 is 10.1 Å². The molecule has 1 heterocycles. The molecule has 1 N–H and O–H groups in total. The van der Waals surface area contributed by atoms with Crippen molar-refractivity contribution in [2.75, 3.05) is 13.2 Å². The molecule has 0 spiro atoms. The molecular weight excluding hydrogens is 346 g/mol. The lowest BCUT2D eigenvalue weighted by atomic mass is 9.69. The van der Waals surface area contributed by atoms with Gasteiger partial charge >= 0.3 is 0 Å². The highest BCUT2D eigenvalue weighted by atomic mass is 16.5. The van der Waals surface area contributed by atoms with Crippen molar-refractivity contribution in [1.82, 2.24) is 5.32 Å². The van der Waals surface area contributed by atoms with Crippen LogP contribution in [0.5, 0.6) is 5.75 Å². The molecular formula is C25H43NO2. The summed E-state index contributed by atoms with van der Waals surface area (Å²) in [5.74, 6) is 2.34. The lowest BCUT2D eigenvalue weighted by Gasteiger charge is -2.43. The van der Waals surface area contributed by atoms with Gasteiger partial charge in [0.2, 0.25) is 0 Å². The molecule has 1 aromatic rings. The van der Waals surface area contributed by atoms with Gasteiger partial charge < -0.3 is 14.8 Å². The molecule has 2 rings (SSSR count). The van der Waals surface area contributed by atoms with Gasteiger partial charge in [-0.2, -0.15) is 0 Å². The monoisotopic (exact) mass is 389 g/mol. The summed E-state index contributed by atoms with van der Waals surface area (Å²) in [6.45, 7) is 16.3. The second-order valence-electron chi connectivity index (χ2n) is 9.78. The summed E-state index contributed by atoms with van der Waals surface area (Å²) in [7, 11) is 0. The van der Waals surface area contributed by atoms with Crippen molar-refractivity contribution in [2.45, 2.75) is 92.4 Å². The fourth-order valence-corrected chi connectivity index (χ4v) is 4.16. The Hall–Kier alpha value is -1.06. The maximum Gasteiger partial charge on any atom is 0.119 e. The van der Waals surface area contributed by atoms with Gasteiger partial charge in [-0.3, -0.25) is 0 Å². The first kappa shape index (κ1) is 23.2. The molecule has 2 atom stereocenters. The van der Waals surface area contributed by atoms with Gasteiger partial charge in [0.05, 0.1) is 12.2 Å². The Bertz CT molecular complexity index is 552. The fraction of sp³-hybridized carbons (Fsp3) is 0.760. The zero-order chi connectivity index (χ0) is 20.6. The zero-order valence-corrected chi connectivity index (χ0v) is 19.1. The number of hydrogen-bond donors (Lipinski definition) is 1. The van der Waals surface area contributed by atoms with Crippen molar-refractivity contribution >= 4 is 0 Å².